The van der Waals surface area contributed by atoms with Crippen LogP contribution in [0.2, 0.25) is 0 Å². The molecule has 0 saturated heterocycles. The lowest BCUT2D eigenvalue weighted by atomic mass is 9.83. The maximum absolute atomic E-state index is 2.54. The summed E-state index contributed by atoms with van der Waals surface area (Å²) in [5, 5.41) is 8.06. The molecule has 2 aliphatic carbocycles. The van der Waals surface area contributed by atoms with E-state index in [0.717, 1.165) is 0 Å². The van der Waals surface area contributed by atoms with Crippen LogP contribution < -0.4 is 9.80 Å². The summed E-state index contributed by atoms with van der Waals surface area (Å²) in [6, 6.07) is 52.4. The molecule has 0 aliphatic heterocycles. The van der Waals surface area contributed by atoms with Crippen molar-refractivity contribution in [2.24, 2.45) is 0 Å². The van der Waals surface area contributed by atoms with Crippen LogP contribution in [-0.4, -0.2) is 0 Å². The zero-order valence-electron chi connectivity index (χ0n) is 38.0. The van der Waals surface area contributed by atoms with Gasteiger partial charge in [-0.25, -0.2) is 0 Å². The summed E-state index contributed by atoms with van der Waals surface area (Å²) < 4.78 is 0. The van der Waals surface area contributed by atoms with Crippen molar-refractivity contribution in [1.29, 1.82) is 0 Å². The molecule has 2 heteroatoms. The molecule has 0 bridgehead atoms. The van der Waals surface area contributed by atoms with Crippen molar-refractivity contribution in [3.05, 3.63) is 167 Å². The molecular formula is C60H64N2. The van der Waals surface area contributed by atoms with E-state index in [1.54, 1.807) is 0 Å². The Balaban J connectivity index is 1.22. The molecule has 2 nitrogen and oxygen atoms in total. The molecule has 314 valence electrons. The Hall–Kier alpha value is -5.60. The third-order valence-corrected chi connectivity index (χ3v) is 14.7. The molecule has 8 aromatic carbocycles. The topological polar surface area (TPSA) is 6.48 Å². The van der Waals surface area contributed by atoms with Crippen molar-refractivity contribution < 1.29 is 0 Å². The van der Waals surface area contributed by atoms with Crippen LogP contribution in [0, 0.1) is 13.8 Å². The summed E-state index contributed by atoms with van der Waals surface area (Å²) in [6.45, 7) is 13.8. The van der Waals surface area contributed by atoms with Gasteiger partial charge in [0.2, 0.25) is 0 Å². The number of nitrogens with zero attached hydrogens (tertiary/aromatic N) is 2. The van der Waals surface area contributed by atoms with Gasteiger partial charge in [0.1, 0.15) is 0 Å². The standard InChI is InChI=1S/C60H64N2/c1-39(2)55-37-57(61(47-25-17-41(5)18-26-47)49-29-21-45(22-30-49)43-13-9-7-10-14-43)53-36-34-52-56(40(3)4)38-58(54-35-33-51(55)59(53)60(52)54)62(48-27-19-42(6)20-28-48)50-31-23-46(24-32-50)44-15-11-8-12-16-44/h17-40,43-44H,7-16H2,1-6H3. The summed E-state index contributed by atoms with van der Waals surface area (Å²) >= 11 is 0. The monoisotopic (exact) mass is 813 g/mol. The maximum atomic E-state index is 2.54. The number of benzene rings is 8. The molecule has 8 aromatic rings. The van der Waals surface area contributed by atoms with Gasteiger partial charge in [-0.15, -0.1) is 0 Å². The summed E-state index contributed by atoms with van der Waals surface area (Å²) in [5.74, 6) is 2.02. The van der Waals surface area contributed by atoms with Crippen LogP contribution in [0.4, 0.5) is 34.1 Å². The number of anilines is 6. The van der Waals surface area contributed by atoms with Crippen molar-refractivity contribution in [2.75, 3.05) is 9.80 Å². The number of aryl methyl sites for hydroxylation is 2. The third kappa shape index (κ3) is 7.44. The van der Waals surface area contributed by atoms with Gasteiger partial charge in [0, 0.05) is 33.5 Å². The van der Waals surface area contributed by atoms with E-state index in [-0.39, 0.29) is 0 Å². The summed E-state index contributed by atoms with van der Waals surface area (Å²) in [7, 11) is 0. The molecular weight excluding hydrogens is 749 g/mol. The van der Waals surface area contributed by atoms with Gasteiger partial charge in [0.25, 0.3) is 0 Å². The Morgan fingerprint density at radius 1 is 0.371 bits per heavy atom. The Morgan fingerprint density at radius 2 is 0.677 bits per heavy atom. The van der Waals surface area contributed by atoms with Crippen molar-refractivity contribution in [2.45, 2.75) is 129 Å². The highest BCUT2D eigenvalue weighted by molar-refractivity contribution is 6.29. The quantitative estimate of drug-likeness (QED) is 0.127. The van der Waals surface area contributed by atoms with Crippen molar-refractivity contribution in [1.82, 2.24) is 0 Å². The van der Waals surface area contributed by atoms with Crippen LogP contribution in [0.5, 0.6) is 0 Å². The van der Waals surface area contributed by atoms with Crippen LogP contribution >= 0.6 is 0 Å². The Labute approximate surface area is 370 Å². The highest BCUT2D eigenvalue weighted by Crippen LogP contribution is 2.51. The van der Waals surface area contributed by atoms with Crippen LogP contribution in [0.1, 0.15) is 149 Å². The molecule has 0 radical (unpaired) electrons. The van der Waals surface area contributed by atoms with E-state index in [4.69, 9.17) is 0 Å². The highest BCUT2D eigenvalue weighted by atomic mass is 15.1. The molecule has 10 rings (SSSR count). The number of hydrogen-bond acceptors (Lipinski definition) is 2. The first-order valence-corrected chi connectivity index (χ1v) is 24.0. The molecule has 0 amide bonds. The minimum atomic E-state index is 0.336. The van der Waals surface area contributed by atoms with Gasteiger partial charge in [-0.3, -0.25) is 0 Å². The summed E-state index contributed by atoms with van der Waals surface area (Å²) in [4.78, 5) is 5.08. The second-order valence-electron chi connectivity index (χ2n) is 19.5. The van der Waals surface area contributed by atoms with Crippen LogP contribution in [0.3, 0.4) is 0 Å². The Kier molecular flexibility index (Phi) is 11.1. The smallest absolute Gasteiger partial charge is 0.0543 e. The van der Waals surface area contributed by atoms with E-state index in [0.29, 0.717) is 23.7 Å². The largest absolute Gasteiger partial charge is 0.310 e. The van der Waals surface area contributed by atoms with Crippen LogP contribution in [0.15, 0.2) is 133 Å². The predicted octanol–water partition coefficient (Wildman–Crippen LogP) is 18.5. The normalized spacial score (nSPS) is 15.4. The zero-order chi connectivity index (χ0) is 42.5. The van der Waals surface area contributed by atoms with Crippen molar-refractivity contribution in [3.8, 4) is 0 Å². The van der Waals surface area contributed by atoms with E-state index in [1.165, 1.54) is 164 Å². The van der Waals surface area contributed by atoms with E-state index in [2.05, 4.69) is 185 Å². The second kappa shape index (κ2) is 16.9. The van der Waals surface area contributed by atoms with Crippen molar-refractivity contribution >= 4 is 66.4 Å². The molecule has 62 heavy (non-hydrogen) atoms. The zero-order valence-corrected chi connectivity index (χ0v) is 38.0. The first-order valence-electron chi connectivity index (χ1n) is 24.0. The van der Waals surface area contributed by atoms with Crippen LogP contribution in [-0.2, 0) is 0 Å². The van der Waals surface area contributed by atoms with Crippen molar-refractivity contribution in [3.63, 3.8) is 0 Å². The van der Waals surface area contributed by atoms with E-state index in [1.807, 2.05) is 0 Å². The third-order valence-electron chi connectivity index (χ3n) is 14.7. The number of rotatable bonds is 10. The van der Waals surface area contributed by atoms with E-state index in [9.17, 15) is 0 Å². The average Bonchev–Trinajstić information content (AvgIpc) is 3.31. The fourth-order valence-electron chi connectivity index (χ4n) is 11.2. The van der Waals surface area contributed by atoms with E-state index >= 15 is 0 Å². The first kappa shape index (κ1) is 40.5. The van der Waals surface area contributed by atoms with Crippen LogP contribution in [0.25, 0.3) is 32.3 Å². The summed E-state index contributed by atoms with van der Waals surface area (Å²) in [6.07, 6.45) is 13.4. The second-order valence-corrected chi connectivity index (χ2v) is 19.5. The van der Waals surface area contributed by atoms with E-state index < -0.39 is 0 Å². The minimum Gasteiger partial charge on any atom is -0.310 e. The lowest BCUT2D eigenvalue weighted by molar-refractivity contribution is 0.443. The fourth-order valence-corrected chi connectivity index (χ4v) is 11.2. The van der Waals surface area contributed by atoms with Gasteiger partial charge in [0.15, 0.2) is 0 Å². The molecule has 0 aromatic heterocycles. The van der Waals surface area contributed by atoms with Gasteiger partial charge in [0.05, 0.1) is 11.4 Å². The molecule has 2 saturated carbocycles. The summed E-state index contributed by atoms with van der Waals surface area (Å²) in [5.41, 5.74) is 15.6. The molecule has 2 fully saturated rings. The predicted molar refractivity (Wildman–Crippen MR) is 269 cm³/mol. The van der Waals surface area contributed by atoms with Gasteiger partial charge < -0.3 is 9.80 Å². The lowest BCUT2D eigenvalue weighted by Gasteiger charge is -2.32. The van der Waals surface area contributed by atoms with Gasteiger partial charge in [-0.1, -0.05) is 150 Å². The van der Waals surface area contributed by atoms with Gasteiger partial charge in [-0.05, 0) is 168 Å². The minimum absolute atomic E-state index is 0.336. The Morgan fingerprint density at radius 3 is 1.00 bits per heavy atom. The molecule has 2 aliphatic rings. The molecule has 0 unspecified atom stereocenters. The highest BCUT2D eigenvalue weighted by Gasteiger charge is 2.27. The molecule has 0 N–H and O–H groups in total. The number of hydrogen-bond donors (Lipinski definition) is 0. The molecule has 0 atom stereocenters. The Bertz CT molecular complexity index is 2600. The molecule has 0 spiro atoms. The average molecular weight is 813 g/mol. The van der Waals surface area contributed by atoms with Gasteiger partial charge in [-0.2, -0.15) is 0 Å². The molecule has 0 heterocycles. The lowest BCUT2D eigenvalue weighted by Crippen LogP contribution is -2.13. The van der Waals surface area contributed by atoms with Gasteiger partial charge >= 0.3 is 0 Å². The first-order chi connectivity index (χ1) is 30.2. The SMILES string of the molecule is Cc1ccc(N(c2ccc(C3CCCCC3)cc2)c2cc(C(C)C)c3ccc4c(N(c5ccc(C)cc5)c5ccc(C6CCCCC6)cc5)cc(C(C)C)c5ccc2c3c54)cc1. The fraction of sp³-hybridized carbons (Fsp3) is 0.333. The maximum Gasteiger partial charge on any atom is 0.0543 e.